The number of ether oxygens (including phenoxy) is 2. The number of methoxy groups -OCH3 is 1. The summed E-state index contributed by atoms with van der Waals surface area (Å²) in [6.07, 6.45) is 7.89. The van der Waals surface area contributed by atoms with Crippen LogP contribution in [0.4, 0.5) is 0 Å². The van der Waals surface area contributed by atoms with Crippen LogP contribution in [0.2, 0.25) is 0 Å². The highest BCUT2D eigenvalue weighted by Gasteiger charge is 2.37. The molecule has 4 rings (SSSR count). The highest BCUT2D eigenvalue weighted by molar-refractivity contribution is 5.99. The summed E-state index contributed by atoms with van der Waals surface area (Å²) in [4.78, 5) is 33.4. The third kappa shape index (κ3) is 5.90. The highest BCUT2D eigenvalue weighted by Crippen LogP contribution is 2.39. The van der Waals surface area contributed by atoms with Crippen LogP contribution in [-0.4, -0.2) is 35.6 Å². The van der Waals surface area contributed by atoms with Crippen LogP contribution in [0.15, 0.2) is 89.5 Å². The molecule has 0 saturated heterocycles. The largest absolute Gasteiger partial charge is 0.466 e. The SMILES string of the molecule is COC(=O)C1=C(C)NC(C)=C(C(=O)OCC=Cc2ccc(Cc3ncc[nH]3)cc2)C1c1cccc(C#N)c1. The van der Waals surface area contributed by atoms with Crippen molar-refractivity contribution in [1.29, 1.82) is 5.26 Å². The van der Waals surface area contributed by atoms with Crippen molar-refractivity contribution < 1.29 is 19.1 Å². The molecule has 0 saturated carbocycles. The number of dihydropyridines is 1. The Labute approximate surface area is 221 Å². The molecule has 3 aromatic rings. The zero-order valence-corrected chi connectivity index (χ0v) is 21.4. The Morgan fingerprint density at radius 3 is 2.47 bits per heavy atom. The van der Waals surface area contributed by atoms with Gasteiger partial charge in [0.1, 0.15) is 12.4 Å². The van der Waals surface area contributed by atoms with E-state index < -0.39 is 17.9 Å². The van der Waals surface area contributed by atoms with Crippen LogP contribution in [-0.2, 0) is 25.5 Å². The van der Waals surface area contributed by atoms with Gasteiger partial charge in [-0.1, -0.05) is 42.5 Å². The highest BCUT2D eigenvalue weighted by atomic mass is 16.5. The number of rotatable bonds is 8. The van der Waals surface area contributed by atoms with Gasteiger partial charge < -0.3 is 19.8 Å². The molecule has 0 bridgehead atoms. The number of nitriles is 1. The Hall–Kier alpha value is -4.90. The van der Waals surface area contributed by atoms with Crippen molar-refractivity contribution in [2.24, 2.45) is 0 Å². The minimum Gasteiger partial charge on any atom is -0.466 e. The van der Waals surface area contributed by atoms with Gasteiger partial charge in [-0.25, -0.2) is 14.6 Å². The fourth-order valence-electron chi connectivity index (χ4n) is 4.49. The minimum absolute atomic E-state index is 0.0466. The number of imidazole rings is 1. The number of hydrogen-bond acceptors (Lipinski definition) is 7. The van der Waals surface area contributed by atoms with Crippen LogP contribution in [0.5, 0.6) is 0 Å². The number of allylic oxidation sites excluding steroid dienone is 2. The van der Waals surface area contributed by atoms with E-state index in [1.54, 1.807) is 56.6 Å². The lowest BCUT2D eigenvalue weighted by Crippen LogP contribution is -2.32. The van der Waals surface area contributed by atoms with Gasteiger partial charge in [-0.2, -0.15) is 5.26 Å². The number of H-pyrrole nitrogens is 1. The van der Waals surface area contributed by atoms with Crippen molar-refractivity contribution in [3.63, 3.8) is 0 Å². The molecular formula is C30H28N4O4. The lowest BCUT2D eigenvalue weighted by Gasteiger charge is -2.30. The quantitative estimate of drug-likeness (QED) is 0.429. The van der Waals surface area contributed by atoms with E-state index in [2.05, 4.69) is 21.4 Å². The van der Waals surface area contributed by atoms with E-state index in [0.717, 1.165) is 23.4 Å². The number of aromatic amines is 1. The van der Waals surface area contributed by atoms with Crippen LogP contribution in [0.1, 0.15) is 47.8 Å². The maximum atomic E-state index is 13.3. The summed E-state index contributed by atoms with van der Waals surface area (Å²) < 4.78 is 10.6. The molecule has 192 valence electrons. The van der Waals surface area contributed by atoms with Gasteiger partial charge in [0.05, 0.1) is 35.8 Å². The van der Waals surface area contributed by atoms with E-state index in [1.165, 1.54) is 7.11 Å². The zero-order chi connectivity index (χ0) is 27.1. The Kier molecular flexibility index (Phi) is 8.19. The van der Waals surface area contributed by atoms with Gasteiger partial charge in [-0.05, 0) is 48.7 Å². The number of esters is 2. The van der Waals surface area contributed by atoms with E-state index in [9.17, 15) is 14.9 Å². The molecule has 0 aliphatic carbocycles. The monoisotopic (exact) mass is 508 g/mol. The number of benzene rings is 2. The van der Waals surface area contributed by atoms with Gasteiger partial charge in [0, 0.05) is 30.2 Å². The third-order valence-electron chi connectivity index (χ3n) is 6.26. The molecule has 8 nitrogen and oxygen atoms in total. The molecule has 2 N–H and O–H groups in total. The Balaban J connectivity index is 1.49. The summed E-state index contributed by atoms with van der Waals surface area (Å²) in [5.74, 6) is -0.958. The second-order valence-electron chi connectivity index (χ2n) is 8.82. The van der Waals surface area contributed by atoms with E-state index in [-0.39, 0.29) is 6.61 Å². The summed E-state index contributed by atoms with van der Waals surface area (Å²) in [5, 5.41) is 12.5. The van der Waals surface area contributed by atoms with Gasteiger partial charge in [-0.3, -0.25) is 0 Å². The lowest BCUT2D eigenvalue weighted by atomic mass is 9.80. The molecule has 38 heavy (non-hydrogen) atoms. The molecule has 1 aliphatic heterocycles. The number of nitrogens with zero attached hydrogens (tertiary/aromatic N) is 2. The first-order valence-electron chi connectivity index (χ1n) is 12.1. The second kappa shape index (κ2) is 11.9. The molecule has 1 aromatic heterocycles. The molecule has 0 spiro atoms. The van der Waals surface area contributed by atoms with Gasteiger partial charge in [0.15, 0.2) is 0 Å². The van der Waals surface area contributed by atoms with Gasteiger partial charge >= 0.3 is 11.9 Å². The smallest absolute Gasteiger partial charge is 0.337 e. The molecule has 1 aliphatic rings. The molecule has 8 heteroatoms. The predicted octanol–water partition coefficient (Wildman–Crippen LogP) is 4.54. The number of hydrogen-bond donors (Lipinski definition) is 2. The van der Waals surface area contributed by atoms with Crippen LogP contribution < -0.4 is 5.32 Å². The Morgan fingerprint density at radius 2 is 1.82 bits per heavy atom. The number of nitrogens with one attached hydrogen (secondary N) is 2. The summed E-state index contributed by atoms with van der Waals surface area (Å²) >= 11 is 0. The molecule has 1 atom stereocenters. The summed E-state index contributed by atoms with van der Waals surface area (Å²) in [6, 6.07) is 17.0. The molecule has 0 amide bonds. The first kappa shape index (κ1) is 26.2. The zero-order valence-electron chi connectivity index (χ0n) is 21.4. The van der Waals surface area contributed by atoms with E-state index >= 15 is 0 Å². The predicted molar refractivity (Wildman–Crippen MR) is 142 cm³/mol. The summed E-state index contributed by atoms with van der Waals surface area (Å²) in [6.45, 7) is 3.56. The lowest BCUT2D eigenvalue weighted by molar-refractivity contribution is -0.138. The Bertz CT molecular complexity index is 1460. The van der Waals surface area contributed by atoms with Crippen molar-refractivity contribution in [3.05, 3.63) is 118 Å². The minimum atomic E-state index is -0.741. The fraction of sp³-hybridized carbons (Fsp3) is 0.200. The van der Waals surface area contributed by atoms with Gasteiger partial charge in [0.2, 0.25) is 0 Å². The topological polar surface area (TPSA) is 117 Å². The van der Waals surface area contributed by atoms with Crippen molar-refractivity contribution in [3.8, 4) is 6.07 Å². The first-order valence-corrected chi connectivity index (χ1v) is 12.1. The molecular weight excluding hydrogens is 480 g/mol. The van der Waals surface area contributed by atoms with Crippen LogP contribution >= 0.6 is 0 Å². The Morgan fingerprint density at radius 1 is 1.08 bits per heavy atom. The maximum Gasteiger partial charge on any atom is 0.337 e. The third-order valence-corrected chi connectivity index (χ3v) is 6.26. The van der Waals surface area contributed by atoms with Crippen molar-refractivity contribution in [2.75, 3.05) is 13.7 Å². The average molecular weight is 509 g/mol. The van der Waals surface area contributed by atoms with E-state index in [1.807, 2.05) is 30.3 Å². The van der Waals surface area contributed by atoms with E-state index in [0.29, 0.717) is 33.7 Å². The van der Waals surface area contributed by atoms with Crippen LogP contribution in [0, 0.1) is 11.3 Å². The number of carbonyl (C=O) groups is 2. The first-order chi connectivity index (χ1) is 18.4. The molecule has 2 heterocycles. The molecule has 1 unspecified atom stereocenters. The van der Waals surface area contributed by atoms with Gasteiger partial charge in [0.25, 0.3) is 0 Å². The molecule has 0 fully saturated rings. The summed E-state index contributed by atoms with van der Waals surface area (Å²) in [5.41, 5.74) is 4.89. The summed E-state index contributed by atoms with van der Waals surface area (Å²) in [7, 11) is 1.29. The standard InChI is InChI=1S/C30H28N4O4/c1-19-26(29(35)37-3)28(24-8-4-6-23(16-24)18-31)27(20(2)34-19)30(36)38-15-5-7-21-9-11-22(12-10-21)17-25-32-13-14-33-25/h4-14,16,28,34H,15,17H2,1-3H3,(H,32,33). The van der Waals surface area contributed by atoms with Crippen molar-refractivity contribution >= 4 is 18.0 Å². The molecule has 2 aromatic carbocycles. The van der Waals surface area contributed by atoms with Crippen molar-refractivity contribution in [1.82, 2.24) is 15.3 Å². The van der Waals surface area contributed by atoms with Crippen LogP contribution in [0.3, 0.4) is 0 Å². The average Bonchev–Trinajstić information content (AvgIpc) is 3.44. The van der Waals surface area contributed by atoms with Crippen LogP contribution in [0.25, 0.3) is 6.08 Å². The number of aromatic nitrogens is 2. The maximum absolute atomic E-state index is 13.3. The van der Waals surface area contributed by atoms with Crippen molar-refractivity contribution in [2.45, 2.75) is 26.2 Å². The normalized spacial score (nSPS) is 15.3. The fourth-order valence-corrected chi connectivity index (χ4v) is 4.49. The van der Waals surface area contributed by atoms with Gasteiger partial charge in [-0.15, -0.1) is 0 Å². The number of carbonyl (C=O) groups excluding carboxylic acids is 2. The van der Waals surface area contributed by atoms with E-state index in [4.69, 9.17) is 9.47 Å². The molecule has 0 radical (unpaired) electrons. The second-order valence-corrected chi connectivity index (χ2v) is 8.82.